The zero-order chi connectivity index (χ0) is 15.9. The molecule has 0 bridgehead atoms. The van der Waals surface area contributed by atoms with Crippen LogP contribution in [0.15, 0.2) is 30.6 Å². The van der Waals surface area contributed by atoms with Gasteiger partial charge in [-0.15, -0.1) is 11.3 Å². The lowest BCUT2D eigenvalue weighted by Gasteiger charge is -2.02. The highest BCUT2D eigenvalue weighted by molar-refractivity contribution is 7.12. The van der Waals surface area contributed by atoms with Gasteiger partial charge in [-0.2, -0.15) is 0 Å². The van der Waals surface area contributed by atoms with Gasteiger partial charge in [-0.25, -0.2) is 4.57 Å². The lowest BCUT2D eigenvalue weighted by atomic mass is 9.82. The van der Waals surface area contributed by atoms with E-state index in [1.807, 2.05) is 34.4 Å². The summed E-state index contributed by atoms with van der Waals surface area (Å²) in [6.07, 6.45) is 9.80. The molecule has 0 unspecified atom stereocenters. The van der Waals surface area contributed by atoms with Gasteiger partial charge in [-0.05, 0) is 44.7 Å². The molecule has 2 aromatic heterocycles. The van der Waals surface area contributed by atoms with Crippen molar-refractivity contribution in [2.24, 2.45) is 0 Å². The van der Waals surface area contributed by atoms with Gasteiger partial charge in [0.1, 0.15) is 6.54 Å². The van der Waals surface area contributed by atoms with Gasteiger partial charge in [0, 0.05) is 27.7 Å². The Bertz CT molecular complexity index is 598. The van der Waals surface area contributed by atoms with E-state index in [2.05, 4.69) is 19.9 Å². The molecule has 0 aliphatic rings. The summed E-state index contributed by atoms with van der Waals surface area (Å²) in [5.41, 5.74) is 2.06. The Balaban J connectivity index is 1.65. The monoisotopic (exact) mass is 318 g/mol. The molecule has 0 fully saturated rings. The van der Waals surface area contributed by atoms with Crippen molar-refractivity contribution in [1.82, 2.24) is 0 Å². The zero-order valence-electron chi connectivity index (χ0n) is 13.5. The van der Waals surface area contributed by atoms with Crippen LogP contribution in [0.2, 0.25) is 0 Å². The maximum Gasteiger partial charge on any atom is 0.494 e. The van der Waals surface area contributed by atoms with Crippen LogP contribution in [0.1, 0.15) is 41.0 Å². The van der Waals surface area contributed by atoms with E-state index in [0.717, 1.165) is 13.0 Å². The molecule has 0 saturated carbocycles. The fourth-order valence-corrected chi connectivity index (χ4v) is 3.71. The molecule has 22 heavy (non-hydrogen) atoms. The molecule has 0 saturated heterocycles. The minimum atomic E-state index is -1.38. The molecule has 5 heteroatoms. The smallest absolute Gasteiger partial charge is 0.423 e. The third-order valence-corrected chi connectivity index (χ3v) is 4.94. The van der Waals surface area contributed by atoms with Crippen molar-refractivity contribution < 1.29 is 14.6 Å². The Morgan fingerprint density at radius 1 is 1.14 bits per heavy atom. The lowest BCUT2D eigenvalue weighted by molar-refractivity contribution is -0.696. The van der Waals surface area contributed by atoms with E-state index in [1.54, 1.807) is 6.07 Å². The molecule has 2 rings (SSSR count). The first-order chi connectivity index (χ1) is 10.6. The fourth-order valence-electron chi connectivity index (χ4n) is 2.73. The van der Waals surface area contributed by atoms with Crippen LogP contribution in [0.25, 0.3) is 0 Å². The minimum Gasteiger partial charge on any atom is -0.423 e. The van der Waals surface area contributed by atoms with Crippen LogP contribution in [0.3, 0.4) is 0 Å². The SMILES string of the molecule is Cc1cc(CCCCCC[n+]2cccc(B(O)O)c2)c(C)s1. The maximum absolute atomic E-state index is 9.17. The number of aromatic nitrogens is 1. The largest absolute Gasteiger partial charge is 0.494 e. The molecule has 2 heterocycles. The van der Waals surface area contributed by atoms with Gasteiger partial charge >= 0.3 is 7.12 Å². The summed E-state index contributed by atoms with van der Waals surface area (Å²) in [5, 5.41) is 18.3. The van der Waals surface area contributed by atoms with Crippen molar-refractivity contribution in [3.63, 3.8) is 0 Å². The van der Waals surface area contributed by atoms with Crippen LogP contribution in [-0.2, 0) is 13.0 Å². The zero-order valence-corrected chi connectivity index (χ0v) is 14.3. The van der Waals surface area contributed by atoms with Gasteiger partial charge in [0.2, 0.25) is 0 Å². The van der Waals surface area contributed by atoms with Gasteiger partial charge in [-0.3, -0.25) is 0 Å². The first-order valence-electron chi connectivity index (χ1n) is 7.97. The molecule has 118 valence electrons. The summed E-state index contributed by atoms with van der Waals surface area (Å²) in [7, 11) is -1.38. The van der Waals surface area contributed by atoms with Crippen molar-refractivity contribution in [3.05, 3.63) is 45.9 Å². The molecule has 0 aliphatic heterocycles. The van der Waals surface area contributed by atoms with E-state index in [0.29, 0.717) is 5.46 Å². The highest BCUT2D eigenvalue weighted by atomic mass is 32.1. The molecule has 3 nitrogen and oxygen atoms in total. The average Bonchev–Trinajstić information content (AvgIpc) is 2.81. The number of hydrogen-bond donors (Lipinski definition) is 2. The van der Waals surface area contributed by atoms with Crippen LogP contribution in [0.4, 0.5) is 0 Å². The van der Waals surface area contributed by atoms with Crippen molar-refractivity contribution in [1.29, 1.82) is 0 Å². The van der Waals surface area contributed by atoms with E-state index in [9.17, 15) is 0 Å². The Morgan fingerprint density at radius 2 is 1.91 bits per heavy atom. The van der Waals surface area contributed by atoms with E-state index >= 15 is 0 Å². The van der Waals surface area contributed by atoms with Gasteiger partial charge < -0.3 is 10.0 Å². The molecule has 2 N–H and O–H groups in total. The summed E-state index contributed by atoms with van der Waals surface area (Å²) in [5.74, 6) is 0. The molecular weight excluding hydrogens is 293 g/mol. The Labute approximate surface area is 137 Å². The van der Waals surface area contributed by atoms with E-state index in [1.165, 1.54) is 41.0 Å². The summed E-state index contributed by atoms with van der Waals surface area (Å²) >= 11 is 1.89. The number of hydrogen-bond acceptors (Lipinski definition) is 3. The number of aryl methyl sites for hydroxylation is 4. The molecular formula is C17H25BNO2S+. The van der Waals surface area contributed by atoms with Crippen LogP contribution < -0.4 is 10.0 Å². The predicted octanol–water partition coefficient (Wildman–Crippen LogP) is 2.14. The molecule has 0 spiro atoms. The third-order valence-electron chi connectivity index (χ3n) is 3.94. The Hall–Kier alpha value is -1.17. The van der Waals surface area contributed by atoms with Crippen molar-refractivity contribution >= 4 is 23.9 Å². The quantitative estimate of drug-likeness (QED) is 0.445. The predicted molar refractivity (Wildman–Crippen MR) is 92.4 cm³/mol. The third kappa shape index (κ3) is 5.23. The lowest BCUT2D eigenvalue weighted by Crippen LogP contribution is -2.41. The van der Waals surface area contributed by atoms with Crippen molar-refractivity contribution in [2.45, 2.75) is 52.5 Å². The van der Waals surface area contributed by atoms with Crippen molar-refractivity contribution in [2.75, 3.05) is 0 Å². The van der Waals surface area contributed by atoms with Gasteiger partial charge in [0.15, 0.2) is 12.4 Å². The Kier molecular flexibility index (Phi) is 6.61. The van der Waals surface area contributed by atoms with Crippen LogP contribution in [-0.4, -0.2) is 17.2 Å². The summed E-state index contributed by atoms with van der Waals surface area (Å²) in [4.78, 5) is 2.88. The number of pyridine rings is 1. The number of unbranched alkanes of at least 4 members (excludes halogenated alkanes) is 3. The van der Waals surface area contributed by atoms with E-state index in [-0.39, 0.29) is 0 Å². The highest BCUT2D eigenvalue weighted by Gasteiger charge is 2.14. The number of thiophene rings is 1. The molecule has 0 aliphatic carbocycles. The Morgan fingerprint density at radius 3 is 2.59 bits per heavy atom. The maximum atomic E-state index is 9.17. The molecule has 0 amide bonds. The second-order valence-corrected chi connectivity index (χ2v) is 7.31. The molecule has 0 aromatic carbocycles. The highest BCUT2D eigenvalue weighted by Crippen LogP contribution is 2.22. The van der Waals surface area contributed by atoms with Crippen LogP contribution in [0, 0.1) is 13.8 Å². The first-order valence-corrected chi connectivity index (χ1v) is 8.79. The average molecular weight is 318 g/mol. The fraction of sp³-hybridized carbons (Fsp3) is 0.471. The van der Waals surface area contributed by atoms with Crippen LogP contribution >= 0.6 is 11.3 Å². The van der Waals surface area contributed by atoms with Crippen LogP contribution in [0.5, 0.6) is 0 Å². The van der Waals surface area contributed by atoms with Gasteiger partial charge in [0.25, 0.3) is 0 Å². The number of nitrogens with zero attached hydrogens (tertiary/aromatic N) is 1. The summed E-state index contributed by atoms with van der Waals surface area (Å²) < 4.78 is 2.03. The molecule has 0 atom stereocenters. The second kappa shape index (κ2) is 8.46. The van der Waals surface area contributed by atoms with Gasteiger partial charge in [-0.1, -0.05) is 12.5 Å². The summed E-state index contributed by atoms with van der Waals surface area (Å²) in [6.45, 7) is 5.32. The second-order valence-electron chi connectivity index (χ2n) is 5.85. The van der Waals surface area contributed by atoms with Gasteiger partial charge in [0.05, 0.1) is 0 Å². The minimum absolute atomic E-state index is 0.547. The van der Waals surface area contributed by atoms with E-state index < -0.39 is 7.12 Å². The standard InChI is InChI=1S/C17H25BNO2S/c1-14-12-16(15(2)22-14)8-5-3-4-6-10-19-11-7-9-17(13-19)18(20)21/h7,9,11-13,20-21H,3-6,8,10H2,1-2H3/q+1. The summed E-state index contributed by atoms with van der Waals surface area (Å²) in [6, 6.07) is 5.91. The molecule has 0 radical (unpaired) electrons. The topological polar surface area (TPSA) is 44.3 Å². The normalized spacial score (nSPS) is 10.9. The first kappa shape index (κ1) is 17.2. The van der Waals surface area contributed by atoms with Crippen molar-refractivity contribution in [3.8, 4) is 0 Å². The number of rotatable bonds is 8. The molecule has 2 aromatic rings. The van der Waals surface area contributed by atoms with E-state index in [4.69, 9.17) is 10.0 Å².